The van der Waals surface area contributed by atoms with Crippen molar-refractivity contribution in [1.29, 1.82) is 0 Å². The number of anilines is 1. The minimum absolute atomic E-state index is 0.121. The van der Waals surface area contributed by atoms with Crippen LogP contribution < -0.4 is 9.62 Å². The number of carbonyl (C=O) groups is 1. The Labute approximate surface area is 178 Å². The van der Waals surface area contributed by atoms with E-state index in [2.05, 4.69) is 5.32 Å². The van der Waals surface area contributed by atoms with Gasteiger partial charge >= 0.3 is 0 Å². The van der Waals surface area contributed by atoms with Gasteiger partial charge in [0.15, 0.2) is 11.6 Å². The van der Waals surface area contributed by atoms with E-state index in [1.807, 2.05) is 18.2 Å². The Morgan fingerprint density at radius 3 is 2.55 bits per heavy atom. The molecule has 2 aromatic carbocycles. The second-order valence-electron chi connectivity index (χ2n) is 6.31. The van der Waals surface area contributed by atoms with Crippen LogP contribution in [0.25, 0.3) is 0 Å². The van der Waals surface area contributed by atoms with Crippen LogP contribution >= 0.6 is 23.4 Å². The van der Waals surface area contributed by atoms with Crippen LogP contribution in [0.3, 0.4) is 0 Å². The zero-order valence-corrected chi connectivity index (χ0v) is 18.3. The molecule has 0 aromatic heterocycles. The standard InChI is InChI=1S/C19H21ClF2N2O3S2/c1-13(24(29(2,26)27)16-6-7-17(21)18(22)11-16)19(25)23-8-9-28-12-14-4-3-5-15(20)10-14/h3-7,10-11,13H,8-9,12H2,1-2H3,(H,23,25). The molecule has 0 saturated carbocycles. The molecule has 2 rings (SSSR count). The molecule has 10 heteroatoms. The van der Waals surface area contributed by atoms with Crippen molar-refractivity contribution >= 4 is 45.0 Å². The summed E-state index contributed by atoms with van der Waals surface area (Å²) in [5.74, 6) is -1.51. The molecule has 1 N–H and O–H groups in total. The summed E-state index contributed by atoms with van der Waals surface area (Å²) in [5, 5.41) is 3.32. The van der Waals surface area contributed by atoms with Crippen LogP contribution in [0.1, 0.15) is 12.5 Å². The van der Waals surface area contributed by atoms with Crippen molar-refractivity contribution in [2.75, 3.05) is 22.9 Å². The number of carbonyl (C=O) groups excluding carboxylic acids is 1. The highest BCUT2D eigenvalue weighted by Gasteiger charge is 2.29. The van der Waals surface area contributed by atoms with Crippen LogP contribution in [0.15, 0.2) is 42.5 Å². The predicted octanol–water partition coefficient (Wildman–Crippen LogP) is 3.82. The number of sulfonamides is 1. The third-order valence-corrected chi connectivity index (χ3v) is 6.46. The Hall–Kier alpha value is -1.84. The number of nitrogens with zero attached hydrogens (tertiary/aromatic N) is 1. The van der Waals surface area contributed by atoms with Crippen LogP contribution in [-0.2, 0) is 20.6 Å². The zero-order valence-electron chi connectivity index (χ0n) is 15.9. The summed E-state index contributed by atoms with van der Waals surface area (Å²) in [5.41, 5.74) is 0.938. The fourth-order valence-electron chi connectivity index (χ4n) is 2.64. The SMILES string of the molecule is CC(C(=O)NCCSCc1cccc(Cl)c1)N(c1ccc(F)c(F)c1)S(C)(=O)=O. The molecule has 1 amide bonds. The highest BCUT2D eigenvalue weighted by Crippen LogP contribution is 2.23. The van der Waals surface area contributed by atoms with E-state index in [0.29, 0.717) is 17.3 Å². The van der Waals surface area contributed by atoms with Crippen molar-refractivity contribution < 1.29 is 22.0 Å². The normalized spacial score (nSPS) is 12.4. The van der Waals surface area contributed by atoms with E-state index >= 15 is 0 Å². The van der Waals surface area contributed by atoms with E-state index < -0.39 is 33.6 Å². The summed E-state index contributed by atoms with van der Waals surface area (Å²) in [6.07, 6.45) is 0.902. The summed E-state index contributed by atoms with van der Waals surface area (Å²) >= 11 is 7.52. The molecule has 0 saturated heterocycles. The van der Waals surface area contributed by atoms with Gasteiger partial charge in [0.05, 0.1) is 11.9 Å². The van der Waals surface area contributed by atoms with E-state index in [9.17, 15) is 22.0 Å². The molecule has 1 unspecified atom stereocenters. The van der Waals surface area contributed by atoms with Gasteiger partial charge in [0.1, 0.15) is 6.04 Å². The fraction of sp³-hybridized carbons (Fsp3) is 0.316. The average molecular weight is 463 g/mol. The fourth-order valence-corrected chi connectivity index (χ4v) is 4.83. The van der Waals surface area contributed by atoms with Crippen molar-refractivity contribution in [1.82, 2.24) is 5.32 Å². The van der Waals surface area contributed by atoms with Gasteiger partial charge in [-0.3, -0.25) is 9.10 Å². The summed E-state index contributed by atoms with van der Waals surface area (Å²) in [6.45, 7) is 1.71. The Balaban J connectivity index is 1.94. The van der Waals surface area contributed by atoms with Gasteiger partial charge in [0, 0.05) is 29.1 Å². The molecule has 29 heavy (non-hydrogen) atoms. The lowest BCUT2D eigenvalue weighted by Crippen LogP contribution is -2.48. The molecule has 0 aliphatic heterocycles. The van der Waals surface area contributed by atoms with Gasteiger partial charge in [-0.05, 0) is 36.8 Å². The molecule has 5 nitrogen and oxygen atoms in total. The van der Waals surface area contributed by atoms with E-state index in [-0.39, 0.29) is 5.69 Å². The van der Waals surface area contributed by atoms with Gasteiger partial charge in [-0.25, -0.2) is 17.2 Å². The van der Waals surface area contributed by atoms with Gasteiger partial charge in [0.25, 0.3) is 0 Å². The highest BCUT2D eigenvalue weighted by molar-refractivity contribution is 7.98. The summed E-state index contributed by atoms with van der Waals surface area (Å²) < 4.78 is 51.8. The van der Waals surface area contributed by atoms with E-state index in [4.69, 9.17) is 11.6 Å². The van der Waals surface area contributed by atoms with Gasteiger partial charge in [-0.1, -0.05) is 23.7 Å². The number of halogens is 3. The highest BCUT2D eigenvalue weighted by atomic mass is 35.5. The first-order valence-electron chi connectivity index (χ1n) is 8.64. The zero-order chi connectivity index (χ0) is 21.6. The number of benzene rings is 2. The van der Waals surface area contributed by atoms with Crippen LogP contribution in [0, 0.1) is 11.6 Å². The number of thioether (sulfide) groups is 1. The lowest BCUT2D eigenvalue weighted by atomic mass is 10.2. The molecule has 158 valence electrons. The molecule has 0 heterocycles. The Kier molecular flexibility index (Phi) is 8.30. The number of nitrogens with one attached hydrogen (secondary N) is 1. The Morgan fingerprint density at radius 2 is 1.93 bits per heavy atom. The van der Waals surface area contributed by atoms with Crippen LogP contribution in [-0.4, -0.2) is 38.9 Å². The Bertz CT molecular complexity index is 974. The minimum Gasteiger partial charge on any atom is -0.353 e. The number of amides is 1. The molecule has 2 aromatic rings. The molecule has 0 aliphatic rings. The maximum Gasteiger partial charge on any atom is 0.243 e. The van der Waals surface area contributed by atoms with Gasteiger partial charge in [-0.2, -0.15) is 11.8 Å². The Morgan fingerprint density at radius 1 is 1.21 bits per heavy atom. The second-order valence-corrected chi connectivity index (χ2v) is 9.71. The third-order valence-electron chi connectivity index (χ3n) is 3.95. The molecule has 0 bridgehead atoms. The van der Waals surface area contributed by atoms with Crippen LogP contribution in [0.5, 0.6) is 0 Å². The molecule has 0 radical (unpaired) electrons. The average Bonchev–Trinajstić information content (AvgIpc) is 2.63. The molecule has 1 atom stereocenters. The summed E-state index contributed by atoms with van der Waals surface area (Å²) in [6, 6.07) is 9.02. The molecule has 0 spiro atoms. The van der Waals surface area contributed by atoms with Crippen LogP contribution in [0.2, 0.25) is 5.02 Å². The first kappa shape index (κ1) is 23.4. The molecule has 0 aliphatic carbocycles. The van der Waals surface area contributed by atoms with Crippen LogP contribution in [0.4, 0.5) is 14.5 Å². The number of hydrogen-bond donors (Lipinski definition) is 1. The van der Waals surface area contributed by atoms with E-state index in [1.165, 1.54) is 6.92 Å². The topological polar surface area (TPSA) is 66.5 Å². The molecule has 0 fully saturated rings. The van der Waals surface area contributed by atoms with Crippen molar-refractivity contribution in [2.45, 2.75) is 18.7 Å². The first-order valence-corrected chi connectivity index (χ1v) is 12.0. The van der Waals surface area contributed by atoms with Crippen molar-refractivity contribution in [3.05, 3.63) is 64.7 Å². The lowest BCUT2D eigenvalue weighted by molar-refractivity contribution is -0.121. The quantitative estimate of drug-likeness (QED) is 0.575. The maximum atomic E-state index is 13.5. The van der Waals surface area contributed by atoms with Gasteiger partial charge in [-0.15, -0.1) is 0 Å². The largest absolute Gasteiger partial charge is 0.353 e. The molecular formula is C19H21ClF2N2O3S2. The number of rotatable bonds is 9. The monoisotopic (exact) mass is 462 g/mol. The van der Waals surface area contributed by atoms with Crippen molar-refractivity contribution in [3.63, 3.8) is 0 Å². The summed E-state index contributed by atoms with van der Waals surface area (Å²) in [4.78, 5) is 12.4. The van der Waals surface area contributed by atoms with E-state index in [1.54, 1.807) is 17.8 Å². The molecular weight excluding hydrogens is 442 g/mol. The smallest absolute Gasteiger partial charge is 0.243 e. The maximum absolute atomic E-state index is 13.5. The predicted molar refractivity (Wildman–Crippen MR) is 114 cm³/mol. The van der Waals surface area contributed by atoms with Crippen molar-refractivity contribution in [2.24, 2.45) is 0 Å². The second kappa shape index (κ2) is 10.3. The first-order chi connectivity index (χ1) is 13.6. The number of hydrogen-bond acceptors (Lipinski definition) is 4. The van der Waals surface area contributed by atoms with E-state index in [0.717, 1.165) is 40.1 Å². The van der Waals surface area contributed by atoms with Gasteiger partial charge < -0.3 is 5.32 Å². The van der Waals surface area contributed by atoms with Crippen molar-refractivity contribution in [3.8, 4) is 0 Å². The third kappa shape index (κ3) is 6.87. The summed E-state index contributed by atoms with van der Waals surface area (Å²) in [7, 11) is -3.90. The minimum atomic E-state index is -3.90. The van der Waals surface area contributed by atoms with Gasteiger partial charge in [0.2, 0.25) is 15.9 Å². The lowest BCUT2D eigenvalue weighted by Gasteiger charge is -2.28.